The van der Waals surface area contributed by atoms with E-state index in [9.17, 15) is 4.79 Å². The van der Waals surface area contributed by atoms with E-state index in [2.05, 4.69) is 6.58 Å². The monoisotopic (exact) mass is 132 g/mol. The molecular formula is C4H5CuO+. The smallest absolute Gasteiger partial charge is 0.419 e. The van der Waals surface area contributed by atoms with Gasteiger partial charge in [-0.1, -0.05) is 6.92 Å². The minimum absolute atomic E-state index is 0. The first-order valence-corrected chi connectivity index (χ1v) is 1.31. The van der Waals surface area contributed by atoms with Crippen LogP contribution in [0.5, 0.6) is 0 Å². The molecule has 0 aliphatic rings. The summed E-state index contributed by atoms with van der Waals surface area (Å²) in [5.74, 6) is 0. The zero-order chi connectivity index (χ0) is 4.28. The molecule has 6 heavy (non-hydrogen) atoms. The van der Waals surface area contributed by atoms with Crippen LogP contribution < -0.4 is 0 Å². The van der Waals surface area contributed by atoms with Gasteiger partial charge in [0, 0.05) is 0 Å². The van der Waals surface area contributed by atoms with Gasteiger partial charge in [0.1, 0.15) is 0 Å². The van der Waals surface area contributed by atoms with Gasteiger partial charge < -0.3 is 4.79 Å². The molecule has 0 rings (SSSR count). The van der Waals surface area contributed by atoms with E-state index < -0.39 is 0 Å². The molecule has 0 aliphatic carbocycles. The Morgan fingerprint density at radius 1 is 1.83 bits per heavy atom. The van der Waals surface area contributed by atoms with Crippen molar-refractivity contribution in [2.24, 2.45) is 0 Å². The Labute approximate surface area is 47.9 Å². The second kappa shape index (κ2) is 4.93. The molecule has 2 heteroatoms. The minimum atomic E-state index is 0. The standard InChI is InChI=1S/C4H5O.Cu/c1-4(2)3-5;/h1H2,2H3;/q-1;+2. The molecule has 0 fully saturated rings. The average molecular weight is 133 g/mol. The number of hydrogen-bond acceptors (Lipinski definition) is 1. The maximum atomic E-state index is 9.28. The Balaban J connectivity index is 0. The molecule has 0 saturated heterocycles. The topological polar surface area (TPSA) is 17.1 Å². The first-order valence-electron chi connectivity index (χ1n) is 1.31. The second-order valence-corrected chi connectivity index (χ2v) is 0.882. The van der Waals surface area contributed by atoms with E-state index in [1.807, 2.05) is 0 Å². The summed E-state index contributed by atoms with van der Waals surface area (Å²) in [7, 11) is 0. The summed E-state index contributed by atoms with van der Waals surface area (Å²) in [6, 6.07) is 0. The second-order valence-electron chi connectivity index (χ2n) is 0.882. The van der Waals surface area contributed by atoms with E-state index in [0.29, 0.717) is 5.57 Å². The molecule has 1 nitrogen and oxygen atoms in total. The largest absolute Gasteiger partial charge is 2.00 e. The molecule has 0 aromatic heterocycles. The molecule has 0 unspecified atom stereocenters. The molecule has 0 aromatic rings. The molecule has 0 N–H and O–H groups in total. The third kappa shape index (κ3) is 9.06. The van der Waals surface area contributed by atoms with Crippen LogP contribution in [0.15, 0.2) is 12.2 Å². The van der Waals surface area contributed by atoms with Crippen LogP contribution in [0.1, 0.15) is 6.92 Å². The molecule has 37 valence electrons. The van der Waals surface area contributed by atoms with Crippen LogP contribution >= 0.6 is 0 Å². The summed E-state index contributed by atoms with van der Waals surface area (Å²) in [6.07, 6.45) is 1.58. The van der Waals surface area contributed by atoms with Gasteiger partial charge >= 0.3 is 17.1 Å². The van der Waals surface area contributed by atoms with Crippen LogP contribution in [-0.2, 0) is 21.9 Å². The quantitative estimate of drug-likeness (QED) is 0.291. The molecule has 0 spiro atoms. The Kier molecular flexibility index (Phi) is 7.67. The number of carbonyl (C=O) groups excluding carboxylic acids is 1. The summed E-state index contributed by atoms with van der Waals surface area (Å²) in [6.45, 7) is 4.85. The van der Waals surface area contributed by atoms with E-state index in [1.165, 1.54) is 0 Å². The summed E-state index contributed by atoms with van der Waals surface area (Å²) in [5, 5.41) is 0. The first-order chi connectivity index (χ1) is 2.27. The molecular weight excluding hydrogens is 128 g/mol. The zero-order valence-electron chi connectivity index (χ0n) is 3.42. The fraction of sp³-hybridized carbons (Fsp3) is 0.250. The Hall–Kier alpha value is -0.0705. The SMILES string of the molecule is C=C(C)[C-]=O.[Cu+2]. The molecule has 0 bridgehead atoms. The van der Waals surface area contributed by atoms with Gasteiger partial charge in [0.25, 0.3) is 0 Å². The van der Waals surface area contributed by atoms with Gasteiger partial charge in [-0.05, 0) is 6.29 Å². The molecule has 0 aromatic carbocycles. The van der Waals surface area contributed by atoms with E-state index in [1.54, 1.807) is 13.2 Å². The molecule has 0 saturated carbocycles. The number of hydrogen-bond donors (Lipinski definition) is 0. The fourth-order valence-electron chi connectivity index (χ4n) is 0. The summed E-state index contributed by atoms with van der Waals surface area (Å²) < 4.78 is 0. The number of allylic oxidation sites excluding steroid dienone is 1. The van der Waals surface area contributed by atoms with Gasteiger partial charge in [0.05, 0.1) is 0 Å². The van der Waals surface area contributed by atoms with Gasteiger partial charge in [0.2, 0.25) is 0 Å². The zero-order valence-corrected chi connectivity index (χ0v) is 4.36. The van der Waals surface area contributed by atoms with Crippen molar-refractivity contribution in [3.63, 3.8) is 0 Å². The van der Waals surface area contributed by atoms with Crippen molar-refractivity contribution in [1.29, 1.82) is 0 Å². The van der Waals surface area contributed by atoms with Crippen LogP contribution in [0.2, 0.25) is 0 Å². The third-order valence-corrected chi connectivity index (χ3v) is 0.174. The molecule has 0 atom stereocenters. The van der Waals surface area contributed by atoms with Crippen molar-refractivity contribution in [3.8, 4) is 0 Å². The van der Waals surface area contributed by atoms with Crippen molar-refractivity contribution in [3.05, 3.63) is 12.2 Å². The summed E-state index contributed by atoms with van der Waals surface area (Å²) in [5.41, 5.74) is 0.449. The van der Waals surface area contributed by atoms with Crippen LogP contribution in [0.25, 0.3) is 0 Å². The fourth-order valence-corrected chi connectivity index (χ4v) is 0. The Morgan fingerprint density at radius 2 is 2.00 bits per heavy atom. The van der Waals surface area contributed by atoms with Crippen molar-refractivity contribution in [2.75, 3.05) is 0 Å². The Bertz CT molecular complexity index is 58.6. The average Bonchev–Trinajstić information content (AvgIpc) is 1.38. The van der Waals surface area contributed by atoms with Crippen molar-refractivity contribution < 1.29 is 21.9 Å². The normalized spacial score (nSPS) is 5.50. The van der Waals surface area contributed by atoms with Crippen LogP contribution in [-0.4, -0.2) is 6.29 Å². The predicted octanol–water partition coefficient (Wildman–Crippen LogP) is 0.670. The van der Waals surface area contributed by atoms with E-state index in [0.717, 1.165) is 0 Å². The minimum Gasteiger partial charge on any atom is -0.419 e. The van der Waals surface area contributed by atoms with E-state index in [4.69, 9.17) is 0 Å². The molecule has 1 radical (unpaired) electrons. The van der Waals surface area contributed by atoms with Gasteiger partial charge in [-0.2, -0.15) is 5.57 Å². The predicted molar refractivity (Wildman–Crippen MR) is 20.5 cm³/mol. The molecule has 0 aliphatic heterocycles. The van der Waals surface area contributed by atoms with E-state index in [-0.39, 0.29) is 17.1 Å². The Morgan fingerprint density at radius 3 is 2.00 bits per heavy atom. The summed E-state index contributed by atoms with van der Waals surface area (Å²) >= 11 is 0. The van der Waals surface area contributed by atoms with Gasteiger partial charge in [-0.3, -0.25) is 0 Å². The van der Waals surface area contributed by atoms with Crippen LogP contribution in [0.3, 0.4) is 0 Å². The number of rotatable bonds is 1. The van der Waals surface area contributed by atoms with Gasteiger partial charge in [-0.25, -0.2) is 6.58 Å². The van der Waals surface area contributed by atoms with Crippen molar-refractivity contribution in [2.45, 2.75) is 6.92 Å². The van der Waals surface area contributed by atoms with Crippen LogP contribution in [0, 0.1) is 0 Å². The van der Waals surface area contributed by atoms with Gasteiger partial charge in [-0.15, -0.1) is 0 Å². The molecule has 0 amide bonds. The summed E-state index contributed by atoms with van der Waals surface area (Å²) in [4.78, 5) is 9.28. The van der Waals surface area contributed by atoms with Gasteiger partial charge in [0.15, 0.2) is 0 Å². The van der Waals surface area contributed by atoms with Crippen molar-refractivity contribution in [1.82, 2.24) is 0 Å². The maximum absolute atomic E-state index is 9.28. The van der Waals surface area contributed by atoms with Crippen LogP contribution in [0.4, 0.5) is 0 Å². The van der Waals surface area contributed by atoms with E-state index >= 15 is 0 Å². The maximum Gasteiger partial charge on any atom is 2.00 e. The molecule has 0 heterocycles. The van der Waals surface area contributed by atoms with Crippen molar-refractivity contribution >= 4 is 6.29 Å². The third-order valence-electron chi connectivity index (χ3n) is 0.174. The first kappa shape index (κ1) is 9.33.